The van der Waals surface area contributed by atoms with Crippen molar-refractivity contribution in [2.75, 3.05) is 6.61 Å². The Kier molecular flexibility index (Phi) is 2.12. The van der Waals surface area contributed by atoms with Crippen LogP contribution in [-0.2, 0) is 17.8 Å². The summed E-state index contributed by atoms with van der Waals surface area (Å²) in [7, 11) is 0. The van der Waals surface area contributed by atoms with E-state index in [1.54, 1.807) is 0 Å². The first-order chi connectivity index (χ1) is 5.77. The lowest BCUT2D eigenvalue weighted by Gasteiger charge is -2.08. The van der Waals surface area contributed by atoms with Gasteiger partial charge in [-0.05, 0) is 11.6 Å². The smallest absolute Gasteiger partial charge is 0.281 e. The number of ether oxygens (including phenoxy) is 1. The van der Waals surface area contributed by atoms with Gasteiger partial charge in [0.2, 0.25) is 0 Å². The number of hydrogen-bond donors (Lipinski definition) is 0. The van der Waals surface area contributed by atoms with Gasteiger partial charge >= 0.3 is 0 Å². The van der Waals surface area contributed by atoms with Crippen molar-refractivity contribution in [1.82, 2.24) is 4.98 Å². The number of fused-ring (bicyclic) bond motifs is 1. The summed E-state index contributed by atoms with van der Waals surface area (Å²) in [6.45, 7) is 1.25. The van der Waals surface area contributed by atoms with Gasteiger partial charge < -0.3 is 4.74 Å². The Balaban J connectivity index is 2.38. The first-order valence-corrected chi connectivity index (χ1v) is 4.73. The van der Waals surface area contributed by atoms with Gasteiger partial charge in [0.25, 0.3) is 5.24 Å². The van der Waals surface area contributed by atoms with Gasteiger partial charge in [-0.3, -0.25) is 4.79 Å². The van der Waals surface area contributed by atoms with E-state index in [2.05, 4.69) is 4.98 Å². The molecule has 0 spiro atoms. The van der Waals surface area contributed by atoms with Crippen molar-refractivity contribution in [2.24, 2.45) is 0 Å². The molecule has 0 bridgehead atoms. The Morgan fingerprint density at radius 2 is 2.50 bits per heavy atom. The second kappa shape index (κ2) is 3.12. The first-order valence-electron chi connectivity index (χ1n) is 3.53. The molecule has 5 heteroatoms. The van der Waals surface area contributed by atoms with Crippen molar-refractivity contribution in [3.8, 4) is 0 Å². The van der Waals surface area contributed by atoms with E-state index in [4.69, 9.17) is 16.3 Å². The van der Waals surface area contributed by atoms with Gasteiger partial charge in [0.05, 0.1) is 23.8 Å². The van der Waals surface area contributed by atoms with Crippen LogP contribution in [0.4, 0.5) is 0 Å². The molecule has 0 unspecified atom stereocenters. The Morgan fingerprint density at radius 1 is 1.67 bits per heavy atom. The number of carbonyl (C=O) groups is 1. The molecule has 1 aliphatic rings. The molecule has 0 fully saturated rings. The SMILES string of the molecule is O=C(Cl)c1nc2c(s1)COCC2. The van der Waals surface area contributed by atoms with Crippen LogP contribution < -0.4 is 0 Å². The van der Waals surface area contributed by atoms with Crippen LogP contribution in [-0.4, -0.2) is 16.8 Å². The van der Waals surface area contributed by atoms with Crippen molar-refractivity contribution in [1.29, 1.82) is 0 Å². The van der Waals surface area contributed by atoms with Crippen LogP contribution in [0.15, 0.2) is 0 Å². The summed E-state index contributed by atoms with van der Waals surface area (Å²) in [5.41, 5.74) is 0.968. The summed E-state index contributed by atoms with van der Waals surface area (Å²) < 4.78 is 5.21. The van der Waals surface area contributed by atoms with Crippen molar-refractivity contribution >= 4 is 28.2 Å². The maximum atomic E-state index is 10.7. The number of hydrogen-bond acceptors (Lipinski definition) is 4. The molecular formula is C7H6ClNO2S. The van der Waals surface area contributed by atoms with E-state index in [-0.39, 0.29) is 0 Å². The summed E-state index contributed by atoms with van der Waals surface area (Å²) in [6, 6.07) is 0. The summed E-state index contributed by atoms with van der Waals surface area (Å²) in [5, 5.41) is -0.0958. The van der Waals surface area contributed by atoms with Crippen molar-refractivity contribution in [2.45, 2.75) is 13.0 Å². The monoisotopic (exact) mass is 203 g/mol. The van der Waals surface area contributed by atoms with E-state index in [0.717, 1.165) is 17.0 Å². The van der Waals surface area contributed by atoms with Gasteiger partial charge in [0.1, 0.15) is 0 Å². The molecule has 1 aromatic rings. The van der Waals surface area contributed by atoms with Gasteiger partial charge in [-0.1, -0.05) is 0 Å². The van der Waals surface area contributed by atoms with Crippen LogP contribution >= 0.6 is 22.9 Å². The van der Waals surface area contributed by atoms with Crippen LogP contribution in [0.3, 0.4) is 0 Å². The third kappa shape index (κ3) is 1.37. The fourth-order valence-electron chi connectivity index (χ4n) is 1.11. The molecule has 0 N–H and O–H groups in total. The average molecular weight is 204 g/mol. The van der Waals surface area contributed by atoms with Gasteiger partial charge in [-0.15, -0.1) is 11.3 Å². The highest BCUT2D eigenvalue weighted by Crippen LogP contribution is 2.24. The summed E-state index contributed by atoms with van der Waals surface area (Å²) in [4.78, 5) is 15.9. The zero-order chi connectivity index (χ0) is 8.55. The molecule has 2 rings (SSSR count). The van der Waals surface area contributed by atoms with E-state index in [9.17, 15) is 4.79 Å². The summed E-state index contributed by atoms with van der Waals surface area (Å²) in [5.74, 6) is 0. The summed E-state index contributed by atoms with van der Waals surface area (Å²) >= 11 is 6.62. The number of rotatable bonds is 1. The minimum atomic E-state index is -0.477. The normalized spacial score (nSPS) is 15.8. The number of aromatic nitrogens is 1. The highest BCUT2D eigenvalue weighted by Gasteiger charge is 2.17. The van der Waals surface area contributed by atoms with Crippen molar-refractivity contribution in [3.05, 3.63) is 15.6 Å². The first kappa shape index (κ1) is 8.16. The number of thiazole rings is 1. The fourth-order valence-corrected chi connectivity index (χ4v) is 2.14. The number of carbonyl (C=O) groups excluding carboxylic acids is 1. The molecule has 0 atom stereocenters. The molecule has 1 aromatic heterocycles. The minimum Gasteiger partial charge on any atom is -0.375 e. The van der Waals surface area contributed by atoms with Crippen molar-refractivity contribution in [3.63, 3.8) is 0 Å². The second-order valence-electron chi connectivity index (χ2n) is 2.47. The van der Waals surface area contributed by atoms with E-state index < -0.39 is 5.24 Å². The lowest BCUT2D eigenvalue weighted by Crippen LogP contribution is -2.07. The standard InChI is InChI=1S/C7H6ClNO2S/c8-6(10)7-9-4-1-2-11-3-5(4)12-7/h1-3H2. The van der Waals surface area contributed by atoms with E-state index in [1.807, 2.05) is 0 Å². The average Bonchev–Trinajstić information content (AvgIpc) is 2.46. The maximum absolute atomic E-state index is 10.7. The summed E-state index contributed by atoms with van der Waals surface area (Å²) in [6.07, 6.45) is 0.788. The Morgan fingerprint density at radius 3 is 3.17 bits per heavy atom. The quantitative estimate of drug-likeness (QED) is 0.651. The molecule has 64 valence electrons. The van der Waals surface area contributed by atoms with Crippen LogP contribution in [0, 0.1) is 0 Å². The number of nitrogens with zero attached hydrogens (tertiary/aromatic N) is 1. The van der Waals surface area contributed by atoms with Gasteiger partial charge in [0, 0.05) is 6.42 Å². The zero-order valence-corrected chi connectivity index (χ0v) is 7.74. The number of halogens is 1. The van der Waals surface area contributed by atoms with Crippen LogP contribution in [0.25, 0.3) is 0 Å². The maximum Gasteiger partial charge on any atom is 0.281 e. The molecule has 0 radical (unpaired) electrons. The third-order valence-corrected chi connectivity index (χ3v) is 3.02. The Hall–Kier alpha value is -0.450. The molecule has 1 aliphatic heterocycles. The third-order valence-electron chi connectivity index (χ3n) is 1.66. The van der Waals surface area contributed by atoms with Crippen LogP contribution in [0.1, 0.15) is 20.4 Å². The van der Waals surface area contributed by atoms with Crippen molar-refractivity contribution < 1.29 is 9.53 Å². The highest BCUT2D eigenvalue weighted by molar-refractivity contribution is 7.15. The molecular weight excluding hydrogens is 198 g/mol. The molecule has 0 amide bonds. The van der Waals surface area contributed by atoms with Crippen LogP contribution in [0.5, 0.6) is 0 Å². The predicted octanol–water partition coefficient (Wildman–Crippen LogP) is 1.59. The molecule has 2 heterocycles. The second-order valence-corrected chi connectivity index (χ2v) is 3.89. The molecule has 0 aliphatic carbocycles. The highest BCUT2D eigenvalue weighted by atomic mass is 35.5. The Labute approximate surface area is 78.3 Å². The molecule has 3 nitrogen and oxygen atoms in total. The lowest BCUT2D eigenvalue weighted by molar-refractivity contribution is 0.107. The van der Waals surface area contributed by atoms with E-state index in [0.29, 0.717) is 18.2 Å². The Bertz CT molecular complexity index is 300. The largest absolute Gasteiger partial charge is 0.375 e. The molecule has 12 heavy (non-hydrogen) atoms. The van der Waals surface area contributed by atoms with Gasteiger partial charge in [-0.25, -0.2) is 4.98 Å². The molecule has 0 saturated heterocycles. The van der Waals surface area contributed by atoms with E-state index in [1.165, 1.54) is 11.3 Å². The van der Waals surface area contributed by atoms with Crippen LogP contribution in [0.2, 0.25) is 0 Å². The lowest BCUT2D eigenvalue weighted by atomic mass is 10.2. The zero-order valence-electron chi connectivity index (χ0n) is 6.17. The predicted molar refractivity (Wildman–Crippen MR) is 45.7 cm³/mol. The van der Waals surface area contributed by atoms with Gasteiger partial charge in [0.15, 0.2) is 5.01 Å². The molecule has 0 aromatic carbocycles. The molecule has 0 saturated carbocycles. The minimum absolute atomic E-state index is 0.382. The van der Waals surface area contributed by atoms with E-state index >= 15 is 0 Å². The topological polar surface area (TPSA) is 39.2 Å². The van der Waals surface area contributed by atoms with Gasteiger partial charge in [-0.2, -0.15) is 0 Å². The fraction of sp³-hybridized carbons (Fsp3) is 0.429.